The number of carbonyl (C=O) groups excluding carboxylic acids is 1. The highest BCUT2D eigenvalue weighted by Crippen LogP contribution is 2.39. The van der Waals surface area contributed by atoms with E-state index >= 15 is 4.39 Å². The van der Waals surface area contributed by atoms with Gasteiger partial charge < -0.3 is 20.4 Å². The molecule has 3 heterocycles. The number of anilines is 1. The number of rotatable bonds is 4. The minimum Gasteiger partial charge on any atom is -0.450 e. The molecule has 1 atom stereocenters. The Morgan fingerprint density at radius 1 is 1.00 bits per heavy atom. The SMILES string of the molecule is O=C(NC1CCCCC1)c1cnn2ccc(N3CCC[C@@H]3c3cc(F)ccc3F)c(F)c12.O=C(O)O. The van der Waals surface area contributed by atoms with Crippen LogP contribution in [0, 0.1) is 17.5 Å². The van der Waals surface area contributed by atoms with Crippen LogP contribution in [0.4, 0.5) is 23.7 Å². The van der Waals surface area contributed by atoms with Crippen molar-refractivity contribution in [2.45, 2.75) is 57.0 Å². The number of pyridine rings is 1. The summed E-state index contributed by atoms with van der Waals surface area (Å²) in [5.41, 5.74) is 0.755. The molecule has 1 amide bonds. The Kier molecular flexibility index (Phi) is 7.66. The van der Waals surface area contributed by atoms with Crippen LogP contribution in [0.3, 0.4) is 0 Å². The lowest BCUT2D eigenvalue weighted by atomic mass is 9.95. The van der Waals surface area contributed by atoms with E-state index in [1.54, 1.807) is 17.2 Å². The molecule has 1 aromatic carbocycles. The highest BCUT2D eigenvalue weighted by atomic mass is 19.1. The van der Waals surface area contributed by atoms with E-state index in [0.717, 1.165) is 44.2 Å². The fraction of sp³-hybridized carbons (Fsp3) is 0.400. The van der Waals surface area contributed by atoms with Crippen LogP contribution in [0.2, 0.25) is 0 Å². The number of fused-ring (bicyclic) bond motifs is 1. The number of hydrogen-bond acceptors (Lipinski definition) is 4. The second-order valence-corrected chi connectivity index (χ2v) is 8.97. The Morgan fingerprint density at radius 3 is 2.44 bits per heavy atom. The van der Waals surface area contributed by atoms with Gasteiger partial charge >= 0.3 is 6.16 Å². The normalized spacial score (nSPS) is 18.1. The maximum Gasteiger partial charge on any atom is 0.503 e. The number of carboxylic acid groups (broad SMARTS) is 2. The van der Waals surface area contributed by atoms with E-state index in [2.05, 4.69) is 10.4 Å². The molecule has 1 saturated heterocycles. The Bertz CT molecular complexity index is 1260. The molecule has 0 radical (unpaired) electrons. The molecule has 1 aliphatic heterocycles. The summed E-state index contributed by atoms with van der Waals surface area (Å²) >= 11 is 0. The van der Waals surface area contributed by atoms with Gasteiger partial charge in [-0.15, -0.1) is 0 Å². The van der Waals surface area contributed by atoms with Crippen LogP contribution in [-0.2, 0) is 0 Å². The summed E-state index contributed by atoms with van der Waals surface area (Å²) < 4.78 is 45.4. The maximum atomic E-state index is 15.8. The highest BCUT2D eigenvalue weighted by molar-refractivity contribution is 6.01. The molecule has 3 aromatic rings. The van der Waals surface area contributed by atoms with Gasteiger partial charge in [0, 0.05) is 24.3 Å². The molecule has 1 aliphatic carbocycles. The number of amides is 1. The predicted molar refractivity (Wildman–Crippen MR) is 126 cm³/mol. The van der Waals surface area contributed by atoms with E-state index in [9.17, 15) is 13.6 Å². The summed E-state index contributed by atoms with van der Waals surface area (Å²) in [6.45, 7) is 0.505. The van der Waals surface area contributed by atoms with Crippen LogP contribution >= 0.6 is 0 Å². The first-order chi connectivity index (χ1) is 17.3. The molecule has 2 fully saturated rings. The van der Waals surface area contributed by atoms with Crippen LogP contribution in [-0.4, -0.2) is 44.5 Å². The van der Waals surface area contributed by atoms with Crippen molar-refractivity contribution in [1.82, 2.24) is 14.9 Å². The first-order valence-electron chi connectivity index (χ1n) is 11.9. The van der Waals surface area contributed by atoms with Crippen LogP contribution in [0.25, 0.3) is 5.52 Å². The van der Waals surface area contributed by atoms with Gasteiger partial charge in [0.15, 0.2) is 5.82 Å². The van der Waals surface area contributed by atoms with Gasteiger partial charge in [-0.05, 0) is 49.9 Å². The largest absolute Gasteiger partial charge is 0.503 e. The lowest BCUT2D eigenvalue weighted by Gasteiger charge is -2.28. The van der Waals surface area contributed by atoms with Crippen LogP contribution in [0.5, 0.6) is 0 Å². The lowest BCUT2D eigenvalue weighted by molar-refractivity contribution is 0.0929. The van der Waals surface area contributed by atoms with E-state index in [0.29, 0.717) is 13.0 Å². The quantitative estimate of drug-likeness (QED) is 0.441. The molecular formula is C25H27F3N4O4. The number of halogens is 3. The summed E-state index contributed by atoms with van der Waals surface area (Å²) in [6, 6.07) is 4.55. The third-order valence-corrected chi connectivity index (χ3v) is 6.67. The Labute approximate surface area is 205 Å². The molecule has 2 aromatic heterocycles. The summed E-state index contributed by atoms with van der Waals surface area (Å²) in [7, 11) is 0. The summed E-state index contributed by atoms with van der Waals surface area (Å²) in [4.78, 5) is 23.2. The maximum absolute atomic E-state index is 15.8. The zero-order valence-corrected chi connectivity index (χ0v) is 19.5. The molecule has 0 spiro atoms. The minimum atomic E-state index is -1.83. The first kappa shape index (κ1) is 25.3. The van der Waals surface area contributed by atoms with Gasteiger partial charge in [-0.1, -0.05) is 19.3 Å². The smallest absolute Gasteiger partial charge is 0.450 e. The standard InChI is InChI=1S/C24H25F3N4O.CH2O3/c25-15-8-9-19(26)17(13-15)20-7-4-11-30(20)21-10-12-31-23(22(21)27)18(14-28-31)24(32)29-16-5-2-1-3-6-16;2-1(3)4/h8-10,12-14,16,20H,1-7,11H2,(H,29,32);(H2,2,3,4)/t20-;/m1./s1. The van der Waals surface area contributed by atoms with Gasteiger partial charge in [-0.2, -0.15) is 5.10 Å². The second-order valence-electron chi connectivity index (χ2n) is 8.97. The fourth-order valence-electron chi connectivity index (χ4n) is 5.08. The predicted octanol–water partition coefficient (Wildman–Crippen LogP) is 5.38. The van der Waals surface area contributed by atoms with Crippen molar-refractivity contribution in [2.75, 3.05) is 11.4 Å². The van der Waals surface area contributed by atoms with Crippen molar-refractivity contribution in [3.63, 3.8) is 0 Å². The Hall–Kier alpha value is -3.76. The van der Waals surface area contributed by atoms with Crippen LogP contribution < -0.4 is 10.2 Å². The Balaban J connectivity index is 0.000000709. The van der Waals surface area contributed by atoms with Crippen molar-refractivity contribution in [1.29, 1.82) is 0 Å². The lowest BCUT2D eigenvalue weighted by Crippen LogP contribution is -2.36. The number of aromatic nitrogens is 2. The molecule has 8 nitrogen and oxygen atoms in total. The van der Waals surface area contributed by atoms with E-state index in [1.807, 2.05) is 0 Å². The van der Waals surface area contributed by atoms with Gasteiger partial charge in [0.25, 0.3) is 5.91 Å². The summed E-state index contributed by atoms with van der Waals surface area (Å²) in [6.07, 6.45) is 7.62. The van der Waals surface area contributed by atoms with Gasteiger partial charge in [0.1, 0.15) is 17.2 Å². The number of hydrogen-bond donors (Lipinski definition) is 3. The van der Waals surface area contributed by atoms with Crippen molar-refractivity contribution in [3.05, 3.63) is 65.2 Å². The third kappa shape index (κ3) is 5.39. The molecule has 192 valence electrons. The monoisotopic (exact) mass is 504 g/mol. The molecular weight excluding hydrogens is 477 g/mol. The van der Waals surface area contributed by atoms with Crippen LogP contribution in [0.15, 0.2) is 36.7 Å². The van der Waals surface area contributed by atoms with Gasteiger partial charge in [-0.3, -0.25) is 4.79 Å². The highest BCUT2D eigenvalue weighted by Gasteiger charge is 2.32. The van der Waals surface area contributed by atoms with Crippen molar-refractivity contribution < 1.29 is 33.0 Å². The molecule has 11 heteroatoms. The average Bonchev–Trinajstić information content (AvgIpc) is 3.49. The number of nitrogens with zero attached hydrogens (tertiary/aromatic N) is 3. The topological polar surface area (TPSA) is 107 Å². The Morgan fingerprint density at radius 2 is 1.72 bits per heavy atom. The number of carbonyl (C=O) groups is 2. The second kappa shape index (κ2) is 10.9. The van der Waals surface area contributed by atoms with Crippen molar-refractivity contribution in [2.24, 2.45) is 0 Å². The van der Waals surface area contributed by atoms with Gasteiger partial charge in [-0.25, -0.2) is 22.5 Å². The first-order valence-corrected chi connectivity index (χ1v) is 11.9. The van der Waals surface area contributed by atoms with E-state index in [1.165, 1.54) is 23.2 Å². The molecule has 0 unspecified atom stereocenters. The number of benzene rings is 1. The molecule has 2 aliphatic rings. The van der Waals surface area contributed by atoms with Gasteiger partial charge in [0.05, 0.1) is 23.5 Å². The summed E-state index contributed by atoms with van der Waals surface area (Å²) in [5, 5.41) is 21.1. The van der Waals surface area contributed by atoms with Gasteiger partial charge in [0.2, 0.25) is 0 Å². The minimum absolute atomic E-state index is 0.0939. The molecule has 3 N–H and O–H groups in total. The molecule has 1 saturated carbocycles. The number of nitrogens with one attached hydrogen (secondary N) is 1. The third-order valence-electron chi connectivity index (χ3n) is 6.67. The summed E-state index contributed by atoms with van der Waals surface area (Å²) in [5.74, 6) is -1.96. The molecule has 0 bridgehead atoms. The van der Waals surface area contributed by atoms with Crippen LogP contribution in [0.1, 0.15) is 66.9 Å². The van der Waals surface area contributed by atoms with Crippen molar-refractivity contribution >= 4 is 23.3 Å². The average molecular weight is 505 g/mol. The fourth-order valence-corrected chi connectivity index (χ4v) is 5.08. The molecule has 36 heavy (non-hydrogen) atoms. The van der Waals surface area contributed by atoms with E-state index in [-0.39, 0.29) is 34.3 Å². The zero-order chi connectivity index (χ0) is 25.8. The van der Waals surface area contributed by atoms with E-state index < -0.39 is 29.6 Å². The molecule has 5 rings (SSSR count). The zero-order valence-electron chi connectivity index (χ0n) is 19.5. The van der Waals surface area contributed by atoms with E-state index in [4.69, 9.17) is 15.0 Å². The van der Waals surface area contributed by atoms with Crippen molar-refractivity contribution in [3.8, 4) is 0 Å².